The number of amides is 1. The topological polar surface area (TPSA) is 90.7 Å². The van der Waals surface area contributed by atoms with Crippen molar-refractivity contribution in [1.82, 2.24) is 0 Å². The molecule has 0 unspecified atom stereocenters. The summed E-state index contributed by atoms with van der Waals surface area (Å²) in [6.45, 7) is 4.27. The number of anilines is 1. The predicted octanol–water partition coefficient (Wildman–Crippen LogP) is 4.86. The lowest BCUT2D eigenvalue weighted by atomic mass is 10.1. The second-order valence-corrected chi connectivity index (χ2v) is 6.45. The maximum atomic E-state index is 12.7. The Labute approximate surface area is 159 Å². The van der Waals surface area contributed by atoms with Gasteiger partial charge in [-0.15, -0.1) is 11.3 Å². The zero-order valence-electron chi connectivity index (χ0n) is 14.9. The fourth-order valence-electron chi connectivity index (χ4n) is 2.68. The van der Waals surface area contributed by atoms with E-state index in [1.165, 1.54) is 23.5 Å². The Morgan fingerprint density at radius 1 is 1.15 bits per heavy atom. The van der Waals surface area contributed by atoms with E-state index >= 15 is 0 Å². The first-order chi connectivity index (χ1) is 13.0. The largest absolute Gasteiger partial charge is 0.490 e. The zero-order chi connectivity index (χ0) is 19.4. The monoisotopic (exact) mass is 386 g/mol. The number of hydrogen-bond donors (Lipinski definition) is 1. The second kappa shape index (κ2) is 8.05. The Bertz CT molecular complexity index is 999. The Balaban J connectivity index is 2.00. The van der Waals surface area contributed by atoms with Crippen LogP contribution in [0.4, 0.5) is 11.4 Å². The molecule has 0 aliphatic rings. The highest BCUT2D eigenvalue weighted by Crippen LogP contribution is 2.38. The van der Waals surface area contributed by atoms with Gasteiger partial charge in [-0.1, -0.05) is 18.2 Å². The van der Waals surface area contributed by atoms with Gasteiger partial charge in [0.2, 0.25) is 0 Å². The standard InChI is InChI=1S/C19H18N2O5S/c1-3-25-16-9-14(15(21(23)24)10-17(16)26-4-2)20-19(22)13-11-27-18-8-6-5-7-12(13)18/h5-11H,3-4H2,1-2H3,(H,20,22). The van der Waals surface area contributed by atoms with E-state index in [2.05, 4.69) is 5.32 Å². The number of fused-ring (bicyclic) bond motifs is 1. The van der Waals surface area contributed by atoms with Crippen LogP contribution in [0.1, 0.15) is 24.2 Å². The van der Waals surface area contributed by atoms with Gasteiger partial charge in [0.15, 0.2) is 11.5 Å². The lowest BCUT2D eigenvalue weighted by Crippen LogP contribution is -2.13. The van der Waals surface area contributed by atoms with Crippen molar-refractivity contribution in [2.45, 2.75) is 13.8 Å². The number of carbonyl (C=O) groups is 1. The highest BCUT2D eigenvalue weighted by atomic mass is 32.1. The minimum atomic E-state index is -0.556. The van der Waals surface area contributed by atoms with Crippen molar-refractivity contribution in [2.24, 2.45) is 0 Å². The van der Waals surface area contributed by atoms with Crippen LogP contribution in [0.15, 0.2) is 41.8 Å². The molecular formula is C19H18N2O5S. The number of ether oxygens (including phenoxy) is 2. The molecule has 0 aliphatic heterocycles. The number of rotatable bonds is 7. The molecule has 1 aromatic heterocycles. The van der Waals surface area contributed by atoms with Crippen molar-refractivity contribution in [3.05, 3.63) is 57.5 Å². The first kappa shape index (κ1) is 18.7. The fourth-order valence-corrected chi connectivity index (χ4v) is 3.62. The quantitative estimate of drug-likeness (QED) is 0.462. The highest BCUT2D eigenvalue weighted by molar-refractivity contribution is 7.17. The molecule has 3 aromatic rings. The molecule has 2 aromatic carbocycles. The van der Waals surface area contributed by atoms with Crippen molar-refractivity contribution >= 4 is 38.7 Å². The average molecular weight is 386 g/mol. The number of carbonyl (C=O) groups excluding carboxylic acids is 1. The van der Waals surface area contributed by atoms with E-state index in [-0.39, 0.29) is 17.1 Å². The molecule has 1 N–H and O–H groups in total. The first-order valence-corrected chi connectivity index (χ1v) is 9.28. The molecule has 0 fully saturated rings. The van der Waals surface area contributed by atoms with Crippen LogP contribution < -0.4 is 14.8 Å². The molecule has 140 valence electrons. The maximum Gasteiger partial charge on any atom is 0.296 e. The van der Waals surface area contributed by atoms with Crippen LogP contribution in [0.2, 0.25) is 0 Å². The maximum absolute atomic E-state index is 12.7. The van der Waals surface area contributed by atoms with Crippen molar-refractivity contribution in [2.75, 3.05) is 18.5 Å². The van der Waals surface area contributed by atoms with Crippen LogP contribution >= 0.6 is 11.3 Å². The van der Waals surface area contributed by atoms with Gasteiger partial charge in [0.1, 0.15) is 5.69 Å². The molecule has 8 heteroatoms. The van der Waals surface area contributed by atoms with Gasteiger partial charge in [-0.2, -0.15) is 0 Å². The first-order valence-electron chi connectivity index (χ1n) is 8.40. The number of hydrogen-bond acceptors (Lipinski definition) is 6. The summed E-state index contributed by atoms with van der Waals surface area (Å²) in [7, 11) is 0. The third kappa shape index (κ3) is 3.85. The Hall–Kier alpha value is -3.13. The van der Waals surface area contributed by atoms with Gasteiger partial charge in [0.25, 0.3) is 11.6 Å². The van der Waals surface area contributed by atoms with Crippen LogP contribution in [0.5, 0.6) is 11.5 Å². The number of nitro benzene ring substituents is 1. The van der Waals surface area contributed by atoms with Crippen LogP contribution in [-0.2, 0) is 0 Å². The van der Waals surface area contributed by atoms with Gasteiger partial charge in [0, 0.05) is 21.5 Å². The van der Waals surface area contributed by atoms with Gasteiger partial charge in [-0.05, 0) is 19.9 Å². The van der Waals surface area contributed by atoms with Gasteiger partial charge in [-0.25, -0.2) is 0 Å². The van der Waals surface area contributed by atoms with Gasteiger partial charge in [0.05, 0.1) is 29.8 Å². The average Bonchev–Trinajstić information content (AvgIpc) is 3.08. The molecule has 27 heavy (non-hydrogen) atoms. The molecule has 0 spiro atoms. The fraction of sp³-hybridized carbons (Fsp3) is 0.211. The molecule has 0 saturated heterocycles. The van der Waals surface area contributed by atoms with E-state index < -0.39 is 10.8 Å². The lowest BCUT2D eigenvalue weighted by molar-refractivity contribution is -0.384. The van der Waals surface area contributed by atoms with Crippen molar-refractivity contribution in [3.63, 3.8) is 0 Å². The van der Waals surface area contributed by atoms with Gasteiger partial charge >= 0.3 is 0 Å². The third-order valence-corrected chi connectivity index (χ3v) is 4.80. The molecule has 3 rings (SSSR count). The molecule has 0 aliphatic carbocycles. The predicted molar refractivity (Wildman–Crippen MR) is 105 cm³/mol. The normalized spacial score (nSPS) is 10.6. The summed E-state index contributed by atoms with van der Waals surface area (Å²) in [4.78, 5) is 23.7. The summed E-state index contributed by atoms with van der Waals surface area (Å²) < 4.78 is 11.9. The summed E-state index contributed by atoms with van der Waals surface area (Å²) in [6.07, 6.45) is 0. The number of nitrogens with zero attached hydrogens (tertiary/aromatic N) is 1. The van der Waals surface area contributed by atoms with E-state index in [0.29, 0.717) is 24.5 Å². The third-order valence-electron chi connectivity index (χ3n) is 3.83. The molecule has 0 bridgehead atoms. The van der Waals surface area contributed by atoms with Crippen LogP contribution in [0.25, 0.3) is 10.1 Å². The van der Waals surface area contributed by atoms with Crippen molar-refractivity contribution in [1.29, 1.82) is 0 Å². The summed E-state index contributed by atoms with van der Waals surface area (Å²) in [5.74, 6) is 0.197. The van der Waals surface area contributed by atoms with Crippen molar-refractivity contribution in [3.8, 4) is 11.5 Å². The number of nitrogens with one attached hydrogen (secondary N) is 1. The van der Waals surface area contributed by atoms with Gasteiger partial charge in [-0.3, -0.25) is 14.9 Å². The number of thiophene rings is 1. The van der Waals surface area contributed by atoms with Crippen LogP contribution in [0.3, 0.4) is 0 Å². The lowest BCUT2D eigenvalue weighted by Gasteiger charge is -2.13. The Kier molecular flexibility index (Phi) is 5.56. The van der Waals surface area contributed by atoms with Crippen molar-refractivity contribution < 1.29 is 19.2 Å². The van der Waals surface area contributed by atoms with E-state index in [0.717, 1.165) is 10.1 Å². The minimum absolute atomic E-state index is 0.0622. The number of nitro groups is 1. The Morgan fingerprint density at radius 3 is 2.48 bits per heavy atom. The van der Waals surface area contributed by atoms with Crippen LogP contribution in [0, 0.1) is 10.1 Å². The Morgan fingerprint density at radius 2 is 1.81 bits per heavy atom. The summed E-state index contributed by atoms with van der Waals surface area (Å²) >= 11 is 1.44. The molecule has 0 saturated carbocycles. The highest BCUT2D eigenvalue weighted by Gasteiger charge is 2.23. The smallest absolute Gasteiger partial charge is 0.296 e. The molecule has 7 nitrogen and oxygen atoms in total. The SMILES string of the molecule is CCOc1cc(NC(=O)c2csc3ccccc23)c([N+](=O)[O-])cc1OCC. The summed E-state index contributed by atoms with van der Waals surface area (Å²) in [6, 6.07) is 10.2. The zero-order valence-corrected chi connectivity index (χ0v) is 15.7. The summed E-state index contributed by atoms with van der Waals surface area (Å²) in [5.41, 5.74) is 0.277. The van der Waals surface area contributed by atoms with E-state index in [9.17, 15) is 14.9 Å². The van der Waals surface area contributed by atoms with Crippen LogP contribution in [-0.4, -0.2) is 24.0 Å². The number of benzene rings is 2. The van der Waals surface area contributed by atoms with Gasteiger partial charge < -0.3 is 14.8 Å². The minimum Gasteiger partial charge on any atom is -0.490 e. The van der Waals surface area contributed by atoms with E-state index in [4.69, 9.17) is 9.47 Å². The molecule has 1 amide bonds. The molecule has 0 radical (unpaired) electrons. The van der Waals surface area contributed by atoms with E-state index in [1.807, 2.05) is 24.3 Å². The second-order valence-electron chi connectivity index (χ2n) is 5.54. The summed E-state index contributed by atoms with van der Waals surface area (Å²) in [5, 5.41) is 16.7. The van der Waals surface area contributed by atoms with E-state index in [1.54, 1.807) is 19.2 Å². The molecular weight excluding hydrogens is 368 g/mol. The molecule has 1 heterocycles. The molecule has 0 atom stereocenters.